The van der Waals surface area contributed by atoms with Gasteiger partial charge in [0, 0.05) is 23.8 Å². The minimum Gasteiger partial charge on any atom is -0.486 e. The Kier molecular flexibility index (Phi) is 3.05. The maximum atomic E-state index is 5.83. The number of benzene rings is 1. The summed E-state index contributed by atoms with van der Waals surface area (Å²) in [6, 6.07) is 6.22. The van der Waals surface area contributed by atoms with Gasteiger partial charge in [0.25, 0.3) is 0 Å². The van der Waals surface area contributed by atoms with Gasteiger partial charge in [-0.1, -0.05) is 0 Å². The maximum absolute atomic E-state index is 5.83. The number of anilines is 1. The molecule has 1 aromatic rings. The van der Waals surface area contributed by atoms with Gasteiger partial charge in [-0.3, -0.25) is 0 Å². The van der Waals surface area contributed by atoms with Crippen molar-refractivity contribution in [2.75, 3.05) is 31.2 Å². The summed E-state index contributed by atoms with van der Waals surface area (Å²) in [5, 5.41) is 0. The fraction of sp³-hybridized carbons (Fsp3) is 0.600. The van der Waals surface area contributed by atoms with Crippen LogP contribution >= 0.6 is 0 Å². The summed E-state index contributed by atoms with van der Waals surface area (Å²) in [6.07, 6.45) is 1.14. The molecule has 3 rings (SSSR count). The van der Waals surface area contributed by atoms with E-state index in [1.807, 2.05) is 6.07 Å². The third-order valence-electron chi connectivity index (χ3n) is 4.13. The lowest BCUT2D eigenvalue weighted by molar-refractivity contribution is 0.171. The van der Waals surface area contributed by atoms with E-state index in [1.165, 1.54) is 5.69 Å². The first-order valence-electron chi connectivity index (χ1n) is 6.97. The smallest absolute Gasteiger partial charge is 0.163 e. The zero-order valence-electron chi connectivity index (χ0n) is 11.7. The van der Waals surface area contributed by atoms with Gasteiger partial charge in [-0.25, -0.2) is 0 Å². The van der Waals surface area contributed by atoms with E-state index in [1.54, 1.807) is 0 Å². The molecule has 0 saturated carbocycles. The molecule has 4 heteroatoms. The Balaban J connectivity index is 1.89. The molecule has 104 valence electrons. The topological polar surface area (TPSA) is 47.7 Å². The Morgan fingerprint density at radius 2 is 2.00 bits per heavy atom. The standard InChI is InChI=1S/C15H22N2O2/c1-15(2)8-11(9-16)10-17(15)12-3-4-13-14(7-12)19-6-5-18-13/h3-4,7,11H,5-6,8-10,16H2,1-2H3. The van der Waals surface area contributed by atoms with Crippen molar-refractivity contribution < 1.29 is 9.47 Å². The van der Waals surface area contributed by atoms with Crippen LogP contribution < -0.4 is 20.1 Å². The van der Waals surface area contributed by atoms with Crippen LogP contribution in [0.25, 0.3) is 0 Å². The van der Waals surface area contributed by atoms with Crippen LogP contribution in [0.1, 0.15) is 20.3 Å². The van der Waals surface area contributed by atoms with E-state index in [0.717, 1.165) is 31.0 Å². The Hall–Kier alpha value is -1.42. The number of nitrogens with two attached hydrogens (primary N) is 1. The molecule has 2 heterocycles. The highest BCUT2D eigenvalue weighted by molar-refractivity contribution is 5.58. The third-order valence-corrected chi connectivity index (χ3v) is 4.13. The van der Waals surface area contributed by atoms with Gasteiger partial charge in [0.2, 0.25) is 0 Å². The summed E-state index contributed by atoms with van der Waals surface area (Å²) < 4.78 is 11.2. The van der Waals surface area contributed by atoms with Gasteiger partial charge in [0.1, 0.15) is 13.2 Å². The first-order chi connectivity index (χ1) is 9.10. The van der Waals surface area contributed by atoms with Crippen molar-refractivity contribution in [3.8, 4) is 11.5 Å². The van der Waals surface area contributed by atoms with E-state index < -0.39 is 0 Å². The molecular weight excluding hydrogens is 240 g/mol. The second-order valence-electron chi connectivity index (χ2n) is 6.06. The molecule has 19 heavy (non-hydrogen) atoms. The summed E-state index contributed by atoms with van der Waals surface area (Å²) in [5.74, 6) is 2.28. The van der Waals surface area contributed by atoms with E-state index in [2.05, 4.69) is 30.9 Å². The van der Waals surface area contributed by atoms with Gasteiger partial charge in [-0.2, -0.15) is 0 Å². The summed E-state index contributed by atoms with van der Waals surface area (Å²) in [7, 11) is 0. The van der Waals surface area contributed by atoms with Crippen LogP contribution in [-0.2, 0) is 0 Å². The second kappa shape index (κ2) is 4.60. The van der Waals surface area contributed by atoms with Crippen LogP contribution in [0.5, 0.6) is 11.5 Å². The van der Waals surface area contributed by atoms with Crippen molar-refractivity contribution in [1.29, 1.82) is 0 Å². The van der Waals surface area contributed by atoms with Crippen LogP contribution in [0.15, 0.2) is 18.2 Å². The SMILES string of the molecule is CC1(C)CC(CN)CN1c1ccc2c(c1)OCCO2. The van der Waals surface area contributed by atoms with E-state index in [4.69, 9.17) is 15.2 Å². The Morgan fingerprint density at radius 3 is 2.68 bits per heavy atom. The molecule has 4 nitrogen and oxygen atoms in total. The molecule has 0 spiro atoms. The van der Waals surface area contributed by atoms with Gasteiger partial charge in [-0.05, 0) is 44.9 Å². The summed E-state index contributed by atoms with van der Waals surface area (Å²) in [6.45, 7) is 7.59. The van der Waals surface area contributed by atoms with Crippen molar-refractivity contribution in [2.24, 2.45) is 11.7 Å². The molecule has 0 aliphatic carbocycles. The second-order valence-corrected chi connectivity index (χ2v) is 6.06. The lowest BCUT2D eigenvalue weighted by atomic mass is 9.96. The molecule has 1 unspecified atom stereocenters. The minimum absolute atomic E-state index is 0.147. The highest BCUT2D eigenvalue weighted by atomic mass is 16.6. The van der Waals surface area contributed by atoms with Gasteiger partial charge in [0.15, 0.2) is 11.5 Å². The van der Waals surface area contributed by atoms with Gasteiger partial charge in [0.05, 0.1) is 0 Å². The van der Waals surface area contributed by atoms with Crippen molar-refractivity contribution in [1.82, 2.24) is 0 Å². The molecule has 1 aromatic carbocycles. The van der Waals surface area contributed by atoms with E-state index in [0.29, 0.717) is 19.1 Å². The molecule has 2 aliphatic heterocycles. The van der Waals surface area contributed by atoms with Crippen molar-refractivity contribution >= 4 is 5.69 Å². The summed E-state index contributed by atoms with van der Waals surface area (Å²) >= 11 is 0. The average Bonchev–Trinajstić information content (AvgIpc) is 2.73. The zero-order chi connectivity index (χ0) is 13.5. The number of hydrogen-bond acceptors (Lipinski definition) is 4. The fourth-order valence-electron chi connectivity index (χ4n) is 3.20. The van der Waals surface area contributed by atoms with Gasteiger partial charge < -0.3 is 20.1 Å². The normalized spacial score (nSPS) is 24.6. The van der Waals surface area contributed by atoms with Crippen molar-refractivity contribution in [3.05, 3.63) is 18.2 Å². The fourth-order valence-corrected chi connectivity index (χ4v) is 3.20. The van der Waals surface area contributed by atoms with Crippen LogP contribution in [0.2, 0.25) is 0 Å². The molecule has 0 amide bonds. The Bertz CT molecular complexity index is 473. The first kappa shape index (κ1) is 12.6. The predicted octanol–water partition coefficient (Wildman–Crippen LogP) is 2.02. The zero-order valence-corrected chi connectivity index (χ0v) is 11.7. The van der Waals surface area contributed by atoms with Crippen molar-refractivity contribution in [2.45, 2.75) is 25.8 Å². The highest BCUT2D eigenvalue weighted by Crippen LogP contribution is 2.40. The average molecular weight is 262 g/mol. The van der Waals surface area contributed by atoms with Crippen molar-refractivity contribution in [3.63, 3.8) is 0 Å². The molecule has 2 N–H and O–H groups in total. The monoisotopic (exact) mass is 262 g/mol. The quantitative estimate of drug-likeness (QED) is 0.886. The third kappa shape index (κ3) is 2.25. The van der Waals surface area contributed by atoms with E-state index in [-0.39, 0.29) is 5.54 Å². The molecule has 0 bridgehead atoms. The van der Waals surface area contributed by atoms with E-state index >= 15 is 0 Å². The molecule has 1 atom stereocenters. The highest BCUT2D eigenvalue weighted by Gasteiger charge is 2.38. The lowest BCUT2D eigenvalue weighted by Gasteiger charge is -2.34. The van der Waals surface area contributed by atoms with Crippen LogP contribution in [0.3, 0.4) is 0 Å². The number of ether oxygens (including phenoxy) is 2. The Morgan fingerprint density at radius 1 is 1.26 bits per heavy atom. The molecule has 1 saturated heterocycles. The number of rotatable bonds is 2. The molecule has 2 aliphatic rings. The van der Waals surface area contributed by atoms with E-state index in [9.17, 15) is 0 Å². The predicted molar refractivity (Wildman–Crippen MR) is 76.0 cm³/mol. The van der Waals surface area contributed by atoms with Crippen LogP contribution in [-0.4, -0.2) is 31.8 Å². The summed E-state index contributed by atoms with van der Waals surface area (Å²) in [4.78, 5) is 2.43. The number of nitrogens with zero attached hydrogens (tertiary/aromatic N) is 1. The van der Waals surface area contributed by atoms with Crippen LogP contribution in [0, 0.1) is 5.92 Å². The number of hydrogen-bond donors (Lipinski definition) is 1. The minimum atomic E-state index is 0.147. The Labute approximate surface area is 114 Å². The molecule has 0 radical (unpaired) electrons. The number of fused-ring (bicyclic) bond motifs is 1. The first-order valence-corrected chi connectivity index (χ1v) is 6.97. The largest absolute Gasteiger partial charge is 0.486 e. The van der Waals surface area contributed by atoms with Crippen LogP contribution in [0.4, 0.5) is 5.69 Å². The van der Waals surface area contributed by atoms with Gasteiger partial charge in [-0.15, -0.1) is 0 Å². The molecular formula is C15H22N2O2. The summed E-state index contributed by atoms with van der Waals surface area (Å²) in [5.41, 5.74) is 7.18. The lowest BCUT2D eigenvalue weighted by Crippen LogP contribution is -2.38. The maximum Gasteiger partial charge on any atom is 0.163 e. The molecule has 1 fully saturated rings. The van der Waals surface area contributed by atoms with Gasteiger partial charge >= 0.3 is 0 Å². The molecule has 0 aromatic heterocycles.